The van der Waals surface area contributed by atoms with Crippen molar-refractivity contribution in [1.82, 2.24) is 0 Å². The molecule has 0 aromatic heterocycles. The van der Waals surface area contributed by atoms with Crippen LogP contribution < -0.4 is 0 Å². The maximum Gasteiger partial charge on any atom is 0.0591 e. The highest BCUT2D eigenvalue weighted by Crippen LogP contribution is 2.22. The molecule has 10 heavy (non-hydrogen) atoms. The molecule has 0 aromatic carbocycles. The van der Waals surface area contributed by atoms with Gasteiger partial charge in [-0.2, -0.15) is 0 Å². The van der Waals surface area contributed by atoms with Gasteiger partial charge in [0.05, 0.1) is 10.1 Å². The highest BCUT2D eigenvalue weighted by atomic mass is 35.5. The molecule has 0 spiro atoms. The Morgan fingerprint density at radius 1 is 1.30 bits per heavy atom. The van der Waals surface area contributed by atoms with Gasteiger partial charge < -0.3 is 0 Å². The molecule has 0 N–H and O–H groups in total. The first-order valence-corrected chi connectivity index (χ1v) is 3.66. The van der Waals surface area contributed by atoms with Crippen LogP contribution in [0.2, 0.25) is 0 Å². The fourth-order valence-corrected chi connectivity index (χ4v) is 0.757. The Morgan fingerprint density at radius 2 is 1.80 bits per heavy atom. The van der Waals surface area contributed by atoms with Crippen LogP contribution in [0.4, 0.5) is 0 Å². The van der Waals surface area contributed by atoms with Gasteiger partial charge in [0.1, 0.15) is 0 Å². The molecule has 0 atom stereocenters. The van der Waals surface area contributed by atoms with Crippen LogP contribution in [0.5, 0.6) is 0 Å². The second-order valence-corrected chi connectivity index (χ2v) is 2.85. The van der Waals surface area contributed by atoms with Crippen molar-refractivity contribution in [2.45, 2.75) is 13.8 Å². The van der Waals surface area contributed by atoms with E-state index in [1.165, 1.54) is 0 Å². The van der Waals surface area contributed by atoms with E-state index in [0.717, 1.165) is 5.57 Å². The highest BCUT2D eigenvalue weighted by molar-refractivity contribution is 6.44. The van der Waals surface area contributed by atoms with Crippen molar-refractivity contribution in [2.75, 3.05) is 0 Å². The molecule has 56 valence electrons. The zero-order chi connectivity index (χ0) is 8.15. The molecule has 0 saturated carbocycles. The lowest BCUT2D eigenvalue weighted by atomic mass is 10.3. The molecular formula is C8H10Cl2. The molecule has 0 unspecified atom stereocenters. The molecular weight excluding hydrogens is 167 g/mol. The van der Waals surface area contributed by atoms with E-state index in [2.05, 4.69) is 6.58 Å². The number of allylic oxidation sites excluding steroid dienone is 5. The minimum atomic E-state index is 0.539. The first-order chi connectivity index (χ1) is 4.59. The van der Waals surface area contributed by atoms with Crippen molar-refractivity contribution in [3.63, 3.8) is 0 Å². The van der Waals surface area contributed by atoms with E-state index in [9.17, 15) is 0 Å². The van der Waals surface area contributed by atoms with Gasteiger partial charge in [-0.25, -0.2) is 0 Å². The van der Waals surface area contributed by atoms with E-state index in [4.69, 9.17) is 23.2 Å². The second kappa shape index (κ2) is 4.59. The second-order valence-electron chi connectivity index (χ2n) is 2.06. The Hall–Kier alpha value is -0.200. The van der Waals surface area contributed by atoms with Gasteiger partial charge in [0, 0.05) is 0 Å². The molecule has 0 fully saturated rings. The van der Waals surface area contributed by atoms with Crippen molar-refractivity contribution in [2.24, 2.45) is 0 Å². The third kappa shape index (κ3) is 3.09. The zero-order valence-corrected chi connectivity index (χ0v) is 7.63. The topological polar surface area (TPSA) is 0 Å². The van der Waals surface area contributed by atoms with E-state index in [-0.39, 0.29) is 0 Å². The molecule has 0 radical (unpaired) electrons. The van der Waals surface area contributed by atoms with Crippen molar-refractivity contribution >= 4 is 23.2 Å². The quantitative estimate of drug-likeness (QED) is 0.562. The Kier molecular flexibility index (Phi) is 4.50. The minimum Gasteiger partial charge on any atom is -0.0990 e. The Bertz CT molecular complexity index is 183. The summed E-state index contributed by atoms with van der Waals surface area (Å²) < 4.78 is 0. The molecule has 2 heteroatoms. The van der Waals surface area contributed by atoms with Crippen LogP contribution in [-0.4, -0.2) is 0 Å². The molecule has 0 aliphatic rings. The van der Waals surface area contributed by atoms with Crippen molar-refractivity contribution in [3.05, 3.63) is 34.4 Å². The monoisotopic (exact) mass is 176 g/mol. The molecule has 0 heterocycles. The van der Waals surface area contributed by atoms with E-state index < -0.39 is 0 Å². The predicted molar refractivity (Wildman–Crippen MR) is 48.4 cm³/mol. The van der Waals surface area contributed by atoms with Gasteiger partial charge in [0.15, 0.2) is 0 Å². The van der Waals surface area contributed by atoms with Gasteiger partial charge in [-0.15, -0.1) is 0 Å². The minimum absolute atomic E-state index is 0.539. The summed E-state index contributed by atoms with van der Waals surface area (Å²) in [6, 6.07) is 0. The van der Waals surface area contributed by atoms with Gasteiger partial charge in [0.2, 0.25) is 0 Å². The summed E-state index contributed by atoms with van der Waals surface area (Å²) in [7, 11) is 0. The first-order valence-electron chi connectivity index (χ1n) is 2.91. The predicted octanol–water partition coefficient (Wildman–Crippen LogP) is 3.83. The average Bonchev–Trinajstić information content (AvgIpc) is 1.87. The van der Waals surface area contributed by atoms with Crippen LogP contribution >= 0.6 is 23.2 Å². The van der Waals surface area contributed by atoms with Crippen molar-refractivity contribution in [3.8, 4) is 0 Å². The average molecular weight is 177 g/mol. The molecule has 0 aliphatic carbocycles. The number of halogens is 2. The number of hydrogen-bond donors (Lipinski definition) is 0. The fourth-order valence-electron chi connectivity index (χ4n) is 0.415. The third-order valence-corrected chi connectivity index (χ3v) is 1.91. The Labute approximate surface area is 71.8 Å². The molecule has 0 aromatic rings. The lowest BCUT2D eigenvalue weighted by Gasteiger charge is -1.96. The van der Waals surface area contributed by atoms with E-state index >= 15 is 0 Å². The number of rotatable bonds is 2. The lowest BCUT2D eigenvalue weighted by Crippen LogP contribution is -1.75. The summed E-state index contributed by atoms with van der Waals surface area (Å²) in [4.78, 5) is 0. The summed E-state index contributed by atoms with van der Waals surface area (Å²) in [5.74, 6) is 0. The van der Waals surface area contributed by atoms with Gasteiger partial charge in [-0.1, -0.05) is 41.4 Å². The normalized spacial score (nSPS) is 11.0. The highest BCUT2D eigenvalue weighted by Gasteiger charge is 1.97. The SMILES string of the molecule is C=C/C=C(/Cl)C(Cl)=C(C)C. The molecule has 0 saturated heterocycles. The van der Waals surface area contributed by atoms with Crippen LogP contribution in [0, 0.1) is 0 Å². The molecule has 0 nitrogen and oxygen atoms in total. The largest absolute Gasteiger partial charge is 0.0990 e. The van der Waals surface area contributed by atoms with Gasteiger partial charge in [-0.05, 0) is 19.9 Å². The maximum atomic E-state index is 5.78. The van der Waals surface area contributed by atoms with E-state index in [0.29, 0.717) is 10.1 Å². The van der Waals surface area contributed by atoms with Crippen LogP contribution in [0.25, 0.3) is 0 Å². The molecule has 0 amide bonds. The summed E-state index contributed by atoms with van der Waals surface area (Å²) in [5, 5.41) is 1.14. The van der Waals surface area contributed by atoms with Crippen LogP contribution in [0.15, 0.2) is 34.4 Å². The summed E-state index contributed by atoms with van der Waals surface area (Å²) in [5.41, 5.74) is 1.00. The standard InChI is InChI=1S/C8H10Cl2/c1-4-5-7(9)8(10)6(2)3/h4-5H,1H2,2-3H3/b7-5+. The Morgan fingerprint density at radius 3 is 2.10 bits per heavy atom. The van der Waals surface area contributed by atoms with E-state index in [1.54, 1.807) is 12.2 Å². The smallest absolute Gasteiger partial charge is 0.0591 e. The third-order valence-electron chi connectivity index (χ3n) is 0.913. The zero-order valence-electron chi connectivity index (χ0n) is 6.12. The van der Waals surface area contributed by atoms with Crippen LogP contribution in [0.1, 0.15) is 13.8 Å². The van der Waals surface area contributed by atoms with Crippen LogP contribution in [-0.2, 0) is 0 Å². The number of hydrogen-bond acceptors (Lipinski definition) is 0. The van der Waals surface area contributed by atoms with Crippen LogP contribution in [0.3, 0.4) is 0 Å². The summed E-state index contributed by atoms with van der Waals surface area (Å²) in [6.07, 6.45) is 3.27. The van der Waals surface area contributed by atoms with Gasteiger partial charge in [-0.3, -0.25) is 0 Å². The summed E-state index contributed by atoms with van der Waals surface area (Å²) >= 11 is 11.5. The Balaban J connectivity index is 4.51. The lowest BCUT2D eigenvalue weighted by molar-refractivity contribution is 1.37. The van der Waals surface area contributed by atoms with Gasteiger partial charge >= 0.3 is 0 Å². The maximum absolute atomic E-state index is 5.78. The first kappa shape index (κ1) is 9.80. The van der Waals surface area contributed by atoms with Gasteiger partial charge in [0.25, 0.3) is 0 Å². The van der Waals surface area contributed by atoms with Crippen molar-refractivity contribution < 1.29 is 0 Å². The molecule has 0 bridgehead atoms. The molecule has 0 rings (SSSR count). The summed E-state index contributed by atoms with van der Waals surface area (Å²) in [6.45, 7) is 7.31. The molecule has 0 aliphatic heterocycles. The van der Waals surface area contributed by atoms with E-state index in [1.807, 2.05) is 13.8 Å². The fraction of sp³-hybridized carbons (Fsp3) is 0.250. The van der Waals surface area contributed by atoms with Crippen molar-refractivity contribution in [1.29, 1.82) is 0 Å².